The Labute approximate surface area is 153 Å². The predicted octanol–water partition coefficient (Wildman–Crippen LogP) is 3.19. The third-order valence-corrected chi connectivity index (χ3v) is 5.41. The number of halogens is 1. The number of amides is 1. The molecule has 0 saturated heterocycles. The molecule has 2 aromatic carbocycles. The third-order valence-electron chi connectivity index (χ3n) is 3.70. The molecule has 2 N–H and O–H groups in total. The molecule has 0 spiro atoms. The fourth-order valence-corrected chi connectivity index (χ4v) is 3.50. The van der Waals surface area contributed by atoms with E-state index in [2.05, 4.69) is 10.0 Å². The summed E-state index contributed by atoms with van der Waals surface area (Å²) in [6.07, 6.45) is 0.0516. The molecule has 0 aliphatic rings. The van der Waals surface area contributed by atoms with E-state index in [1.54, 1.807) is 36.4 Å². The largest absolute Gasteiger partial charge is 0.350 e. The van der Waals surface area contributed by atoms with Gasteiger partial charge in [0.05, 0.1) is 10.9 Å². The van der Waals surface area contributed by atoms with Crippen LogP contribution in [-0.2, 0) is 14.8 Å². The van der Waals surface area contributed by atoms with Crippen LogP contribution >= 0.6 is 11.6 Å². The molecule has 1 amide bonds. The van der Waals surface area contributed by atoms with Crippen LogP contribution < -0.4 is 10.0 Å². The van der Waals surface area contributed by atoms with E-state index in [1.807, 2.05) is 26.0 Å². The van der Waals surface area contributed by atoms with Gasteiger partial charge in [0.2, 0.25) is 15.9 Å². The second-order valence-electron chi connectivity index (χ2n) is 5.81. The summed E-state index contributed by atoms with van der Waals surface area (Å²) in [6.45, 7) is 3.76. The van der Waals surface area contributed by atoms with E-state index in [0.717, 1.165) is 11.1 Å². The molecular weight excluding hydrogens is 360 g/mol. The Hall–Kier alpha value is -1.89. The lowest BCUT2D eigenvalue weighted by atomic mass is 10.1. The van der Waals surface area contributed by atoms with Crippen LogP contribution in [0.15, 0.2) is 53.4 Å². The van der Waals surface area contributed by atoms with Crippen molar-refractivity contribution in [3.05, 3.63) is 64.7 Å². The maximum absolute atomic E-state index is 12.1. The zero-order valence-corrected chi connectivity index (χ0v) is 15.7. The summed E-state index contributed by atoms with van der Waals surface area (Å²) in [5.74, 6) is -0.237. The highest BCUT2D eigenvalue weighted by Gasteiger charge is 2.15. The Kier molecular flexibility index (Phi) is 6.58. The van der Waals surface area contributed by atoms with Crippen molar-refractivity contribution in [2.45, 2.75) is 31.2 Å². The number of carbonyl (C=O) groups is 1. The molecule has 2 aromatic rings. The van der Waals surface area contributed by atoms with Crippen LogP contribution in [0, 0.1) is 6.92 Å². The van der Waals surface area contributed by atoms with Crippen molar-refractivity contribution in [1.82, 2.24) is 10.0 Å². The van der Waals surface area contributed by atoms with Crippen molar-refractivity contribution in [3.8, 4) is 0 Å². The maximum atomic E-state index is 12.1. The summed E-state index contributed by atoms with van der Waals surface area (Å²) in [7, 11) is -3.61. The van der Waals surface area contributed by atoms with Crippen LogP contribution in [0.5, 0.6) is 0 Å². The van der Waals surface area contributed by atoms with Gasteiger partial charge in [0.25, 0.3) is 0 Å². The topological polar surface area (TPSA) is 75.3 Å². The standard InChI is InChI=1S/C18H21ClN2O3S/c1-13-6-8-17(9-7-13)25(23,24)20-11-10-18(22)21-14(2)15-4-3-5-16(19)12-15/h3-9,12,14,20H,10-11H2,1-2H3,(H,21,22)/t14-/m0/s1. The molecule has 0 unspecified atom stereocenters. The highest BCUT2D eigenvalue weighted by Crippen LogP contribution is 2.17. The first-order chi connectivity index (χ1) is 11.8. The lowest BCUT2D eigenvalue weighted by Gasteiger charge is -2.15. The minimum absolute atomic E-state index is 0.0321. The van der Waals surface area contributed by atoms with E-state index in [0.29, 0.717) is 5.02 Å². The smallest absolute Gasteiger partial charge is 0.240 e. The van der Waals surface area contributed by atoms with Crippen molar-refractivity contribution in [2.24, 2.45) is 0 Å². The van der Waals surface area contributed by atoms with Crippen LogP contribution in [0.1, 0.15) is 30.5 Å². The minimum Gasteiger partial charge on any atom is -0.350 e. The molecule has 2 rings (SSSR count). The predicted molar refractivity (Wildman–Crippen MR) is 99.0 cm³/mol. The maximum Gasteiger partial charge on any atom is 0.240 e. The van der Waals surface area contributed by atoms with E-state index in [9.17, 15) is 13.2 Å². The van der Waals surface area contributed by atoms with Gasteiger partial charge in [0.15, 0.2) is 0 Å². The van der Waals surface area contributed by atoms with Gasteiger partial charge in [-0.05, 0) is 43.7 Å². The van der Waals surface area contributed by atoms with Crippen LogP contribution in [0.2, 0.25) is 5.02 Å². The number of hydrogen-bond donors (Lipinski definition) is 2. The first kappa shape index (κ1) is 19.4. The summed E-state index contributed by atoms with van der Waals surface area (Å²) in [5, 5.41) is 3.43. The monoisotopic (exact) mass is 380 g/mol. The van der Waals surface area contributed by atoms with E-state index in [4.69, 9.17) is 11.6 Å². The summed E-state index contributed by atoms with van der Waals surface area (Å²) in [5.41, 5.74) is 1.87. The number of carbonyl (C=O) groups excluding carboxylic acids is 1. The summed E-state index contributed by atoms with van der Waals surface area (Å²) < 4.78 is 26.7. The van der Waals surface area contributed by atoms with E-state index in [-0.39, 0.29) is 29.8 Å². The average molecular weight is 381 g/mol. The van der Waals surface area contributed by atoms with Gasteiger partial charge >= 0.3 is 0 Å². The molecule has 0 fully saturated rings. The molecule has 0 radical (unpaired) electrons. The number of rotatable bonds is 7. The van der Waals surface area contributed by atoms with E-state index < -0.39 is 10.0 Å². The van der Waals surface area contributed by atoms with Gasteiger partial charge < -0.3 is 5.32 Å². The Morgan fingerprint density at radius 3 is 2.48 bits per heavy atom. The lowest BCUT2D eigenvalue weighted by Crippen LogP contribution is -2.32. The van der Waals surface area contributed by atoms with Crippen molar-refractivity contribution in [2.75, 3.05) is 6.54 Å². The number of benzene rings is 2. The van der Waals surface area contributed by atoms with Crippen LogP contribution in [0.3, 0.4) is 0 Å². The molecule has 0 aliphatic carbocycles. The van der Waals surface area contributed by atoms with Gasteiger partial charge in [-0.2, -0.15) is 0 Å². The molecule has 0 heterocycles. The van der Waals surface area contributed by atoms with Gasteiger partial charge in [-0.15, -0.1) is 0 Å². The summed E-state index contributed by atoms with van der Waals surface area (Å²) in [6, 6.07) is 13.6. The van der Waals surface area contributed by atoms with Crippen LogP contribution in [-0.4, -0.2) is 20.9 Å². The normalized spacial score (nSPS) is 12.6. The van der Waals surface area contributed by atoms with Gasteiger partial charge in [-0.1, -0.05) is 41.4 Å². The second-order valence-corrected chi connectivity index (χ2v) is 8.01. The van der Waals surface area contributed by atoms with Gasteiger partial charge in [0, 0.05) is 18.0 Å². The Bertz CT molecular complexity index is 836. The molecule has 5 nitrogen and oxygen atoms in total. The molecule has 134 valence electrons. The second kappa shape index (κ2) is 8.47. The van der Waals surface area contributed by atoms with Crippen LogP contribution in [0.4, 0.5) is 0 Å². The van der Waals surface area contributed by atoms with Gasteiger partial charge in [-0.25, -0.2) is 13.1 Å². The van der Waals surface area contributed by atoms with Crippen molar-refractivity contribution in [3.63, 3.8) is 0 Å². The quantitative estimate of drug-likeness (QED) is 0.774. The molecule has 0 bridgehead atoms. The highest BCUT2D eigenvalue weighted by molar-refractivity contribution is 7.89. The number of aryl methyl sites for hydroxylation is 1. The summed E-state index contributed by atoms with van der Waals surface area (Å²) >= 11 is 5.94. The molecule has 1 atom stereocenters. The fourth-order valence-electron chi connectivity index (χ4n) is 2.27. The van der Waals surface area contributed by atoms with Gasteiger partial charge in [0.1, 0.15) is 0 Å². The number of sulfonamides is 1. The molecule has 25 heavy (non-hydrogen) atoms. The number of nitrogens with one attached hydrogen (secondary N) is 2. The molecule has 0 aromatic heterocycles. The molecule has 0 aliphatic heterocycles. The van der Waals surface area contributed by atoms with Crippen molar-refractivity contribution < 1.29 is 13.2 Å². The minimum atomic E-state index is -3.61. The number of hydrogen-bond acceptors (Lipinski definition) is 3. The zero-order valence-electron chi connectivity index (χ0n) is 14.1. The van der Waals surface area contributed by atoms with Crippen molar-refractivity contribution >= 4 is 27.5 Å². The molecule has 7 heteroatoms. The van der Waals surface area contributed by atoms with Crippen molar-refractivity contribution in [1.29, 1.82) is 0 Å². The SMILES string of the molecule is Cc1ccc(S(=O)(=O)NCCC(=O)N[C@@H](C)c2cccc(Cl)c2)cc1. The molecular formula is C18H21ClN2O3S. The Balaban J connectivity index is 1.84. The zero-order chi connectivity index (χ0) is 18.4. The Morgan fingerprint density at radius 2 is 1.84 bits per heavy atom. The Morgan fingerprint density at radius 1 is 1.16 bits per heavy atom. The lowest BCUT2D eigenvalue weighted by molar-refractivity contribution is -0.121. The first-order valence-corrected chi connectivity index (χ1v) is 9.75. The highest BCUT2D eigenvalue weighted by atomic mass is 35.5. The fraction of sp³-hybridized carbons (Fsp3) is 0.278. The van der Waals surface area contributed by atoms with E-state index in [1.165, 1.54) is 0 Å². The first-order valence-electron chi connectivity index (χ1n) is 7.89. The molecule has 0 saturated carbocycles. The van der Waals surface area contributed by atoms with Crippen LogP contribution in [0.25, 0.3) is 0 Å². The third kappa shape index (κ3) is 5.85. The van der Waals surface area contributed by atoms with Gasteiger partial charge in [-0.3, -0.25) is 4.79 Å². The van der Waals surface area contributed by atoms with E-state index >= 15 is 0 Å². The average Bonchev–Trinajstić information content (AvgIpc) is 2.55. The summed E-state index contributed by atoms with van der Waals surface area (Å²) in [4.78, 5) is 12.2.